The first kappa shape index (κ1) is 17.7. The second-order valence-electron chi connectivity index (χ2n) is 7.34. The van der Waals surface area contributed by atoms with Crippen molar-refractivity contribution in [1.29, 1.82) is 0 Å². The van der Waals surface area contributed by atoms with Gasteiger partial charge in [0.15, 0.2) is 0 Å². The van der Waals surface area contributed by atoms with Gasteiger partial charge in [-0.1, -0.05) is 39.8 Å². The molecule has 1 fully saturated rings. The Morgan fingerprint density at radius 2 is 1.52 bits per heavy atom. The Morgan fingerprint density at radius 1 is 0.957 bits per heavy atom. The molecule has 1 aromatic carbocycles. The van der Waals surface area contributed by atoms with Gasteiger partial charge in [0.1, 0.15) is 0 Å². The van der Waals surface area contributed by atoms with E-state index >= 15 is 0 Å². The van der Waals surface area contributed by atoms with Crippen molar-refractivity contribution < 1.29 is 14.3 Å². The molecule has 0 heterocycles. The number of hydrogen-bond donors (Lipinski definition) is 0. The number of benzene rings is 1. The molecule has 0 aromatic heterocycles. The van der Waals surface area contributed by atoms with E-state index in [2.05, 4.69) is 27.7 Å². The fourth-order valence-electron chi connectivity index (χ4n) is 3.26. The van der Waals surface area contributed by atoms with Crippen LogP contribution in [-0.4, -0.2) is 11.9 Å². The number of rotatable bonds is 4. The van der Waals surface area contributed by atoms with Gasteiger partial charge < -0.3 is 4.74 Å². The minimum atomic E-state index is -0.531. The Morgan fingerprint density at radius 3 is 2.00 bits per heavy atom. The van der Waals surface area contributed by atoms with Gasteiger partial charge in [0.25, 0.3) is 0 Å². The lowest BCUT2D eigenvalue weighted by atomic mass is 9.77. The predicted octanol–water partition coefficient (Wildman–Crippen LogP) is 4.96. The first-order valence-electron chi connectivity index (χ1n) is 8.74. The highest BCUT2D eigenvalue weighted by molar-refractivity contribution is 5.97. The summed E-state index contributed by atoms with van der Waals surface area (Å²) >= 11 is 0. The van der Waals surface area contributed by atoms with Crippen molar-refractivity contribution in [1.82, 2.24) is 0 Å². The molecule has 0 atom stereocenters. The first-order chi connectivity index (χ1) is 10.9. The average Bonchev–Trinajstić information content (AvgIpc) is 2.54. The van der Waals surface area contributed by atoms with E-state index < -0.39 is 5.97 Å². The van der Waals surface area contributed by atoms with E-state index in [-0.39, 0.29) is 11.9 Å². The standard InChI is InChI=1S/C20H28O3/c1-13(2)15-5-9-17(10-6-15)19(21)23-20(22)18-11-7-16(8-12-18)14(3)4/h5-6,9-10,13-14,16,18H,7-8,11-12H2,1-4H3. The molecule has 1 aromatic rings. The lowest BCUT2D eigenvalue weighted by molar-refractivity contribution is -0.144. The molecule has 0 amide bonds. The molecule has 1 saturated carbocycles. The summed E-state index contributed by atoms with van der Waals surface area (Å²) in [4.78, 5) is 24.3. The maximum Gasteiger partial charge on any atom is 0.345 e. The first-order valence-corrected chi connectivity index (χ1v) is 8.74. The van der Waals surface area contributed by atoms with Gasteiger partial charge >= 0.3 is 11.9 Å². The molecule has 0 aliphatic heterocycles. The van der Waals surface area contributed by atoms with Crippen LogP contribution in [0.2, 0.25) is 0 Å². The van der Waals surface area contributed by atoms with E-state index in [1.54, 1.807) is 12.1 Å². The zero-order valence-electron chi connectivity index (χ0n) is 14.7. The molecule has 0 saturated heterocycles. The van der Waals surface area contributed by atoms with Crippen LogP contribution >= 0.6 is 0 Å². The molecule has 23 heavy (non-hydrogen) atoms. The highest BCUT2D eigenvalue weighted by atomic mass is 16.6. The third-order valence-electron chi connectivity index (χ3n) is 5.05. The van der Waals surface area contributed by atoms with Crippen LogP contribution in [0.1, 0.15) is 75.2 Å². The van der Waals surface area contributed by atoms with Crippen LogP contribution in [0.4, 0.5) is 0 Å². The van der Waals surface area contributed by atoms with E-state index in [0.29, 0.717) is 23.3 Å². The highest BCUT2D eigenvalue weighted by Crippen LogP contribution is 2.33. The Balaban J connectivity index is 1.89. The van der Waals surface area contributed by atoms with Crippen LogP contribution in [0, 0.1) is 17.8 Å². The van der Waals surface area contributed by atoms with E-state index in [0.717, 1.165) is 25.7 Å². The minimum Gasteiger partial charge on any atom is -0.389 e. The maximum absolute atomic E-state index is 12.2. The van der Waals surface area contributed by atoms with Crippen LogP contribution in [0.25, 0.3) is 0 Å². The van der Waals surface area contributed by atoms with Gasteiger partial charge in [0.2, 0.25) is 0 Å². The van der Waals surface area contributed by atoms with Crippen LogP contribution in [0.5, 0.6) is 0 Å². The van der Waals surface area contributed by atoms with Gasteiger partial charge in [-0.15, -0.1) is 0 Å². The third kappa shape index (κ3) is 4.66. The number of esters is 2. The molecule has 0 unspecified atom stereocenters. The van der Waals surface area contributed by atoms with Crippen molar-refractivity contribution in [2.75, 3.05) is 0 Å². The average molecular weight is 316 g/mol. The van der Waals surface area contributed by atoms with Crippen molar-refractivity contribution in [3.05, 3.63) is 35.4 Å². The number of carbonyl (C=O) groups excluding carboxylic acids is 2. The van der Waals surface area contributed by atoms with Gasteiger partial charge in [-0.05, 0) is 61.1 Å². The van der Waals surface area contributed by atoms with E-state index in [9.17, 15) is 9.59 Å². The molecule has 1 aliphatic carbocycles. The molecule has 0 radical (unpaired) electrons. The van der Waals surface area contributed by atoms with Crippen molar-refractivity contribution in [3.8, 4) is 0 Å². The second-order valence-corrected chi connectivity index (χ2v) is 7.34. The molecular weight excluding hydrogens is 288 g/mol. The smallest absolute Gasteiger partial charge is 0.345 e. The van der Waals surface area contributed by atoms with Crippen molar-refractivity contribution in [2.24, 2.45) is 17.8 Å². The van der Waals surface area contributed by atoms with Gasteiger partial charge in [-0.3, -0.25) is 4.79 Å². The number of ether oxygens (including phenoxy) is 1. The Kier molecular flexibility index (Phi) is 5.97. The molecule has 3 nitrogen and oxygen atoms in total. The summed E-state index contributed by atoms with van der Waals surface area (Å²) in [6, 6.07) is 7.31. The summed E-state index contributed by atoms with van der Waals surface area (Å²) in [6.45, 7) is 8.66. The third-order valence-corrected chi connectivity index (χ3v) is 5.05. The zero-order chi connectivity index (χ0) is 17.0. The van der Waals surface area contributed by atoms with Crippen molar-refractivity contribution in [2.45, 2.75) is 59.3 Å². The zero-order valence-corrected chi connectivity index (χ0v) is 14.7. The van der Waals surface area contributed by atoms with Gasteiger partial charge in [-0.2, -0.15) is 0 Å². The molecule has 1 aliphatic rings. The Bertz CT molecular complexity index is 535. The van der Waals surface area contributed by atoms with Crippen molar-refractivity contribution in [3.63, 3.8) is 0 Å². The lowest BCUT2D eigenvalue weighted by Crippen LogP contribution is -2.27. The number of hydrogen-bond acceptors (Lipinski definition) is 3. The number of carbonyl (C=O) groups is 2. The largest absolute Gasteiger partial charge is 0.389 e. The molecule has 3 heteroatoms. The normalized spacial score (nSPS) is 21.5. The Labute approximate surface area is 139 Å². The maximum atomic E-state index is 12.2. The van der Waals surface area contributed by atoms with Crippen LogP contribution < -0.4 is 0 Å². The summed E-state index contributed by atoms with van der Waals surface area (Å²) in [5.74, 6) is 0.759. The lowest BCUT2D eigenvalue weighted by Gasteiger charge is -2.29. The minimum absolute atomic E-state index is 0.121. The van der Waals surface area contributed by atoms with Gasteiger partial charge in [0.05, 0.1) is 11.5 Å². The second kappa shape index (κ2) is 7.76. The molecular formula is C20H28O3. The summed E-state index contributed by atoms with van der Waals surface area (Å²) < 4.78 is 5.09. The summed E-state index contributed by atoms with van der Waals surface area (Å²) in [5, 5.41) is 0. The monoisotopic (exact) mass is 316 g/mol. The molecule has 0 N–H and O–H groups in total. The molecule has 0 spiro atoms. The van der Waals surface area contributed by atoms with Crippen LogP contribution in [0.3, 0.4) is 0 Å². The fourth-order valence-corrected chi connectivity index (χ4v) is 3.26. The molecule has 0 bridgehead atoms. The SMILES string of the molecule is CC(C)c1ccc(C(=O)OC(=O)C2CCC(C(C)C)CC2)cc1. The van der Waals surface area contributed by atoms with E-state index in [1.165, 1.54) is 5.56 Å². The Hall–Kier alpha value is -1.64. The van der Waals surface area contributed by atoms with Crippen LogP contribution in [0.15, 0.2) is 24.3 Å². The molecule has 126 valence electrons. The van der Waals surface area contributed by atoms with Gasteiger partial charge in [0, 0.05) is 0 Å². The summed E-state index contributed by atoms with van der Waals surface area (Å²) in [5.41, 5.74) is 1.61. The van der Waals surface area contributed by atoms with E-state index in [4.69, 9.17) is 4.74 Å². The fraction of sp³-hybridized carbons (Fsp3) is 0.600. The quantitative estimate of drug-likeness (QED) is 0.582. The predicted molar refractivity (Wildman–Crippen MR) is 91.2 cm³/mol. The topological polar surface area (TPSA) is 43.4 Å². The summed E-state index contributed by atoms with van der Waals surface area (Å²) in [7, 11) is 0. The highest BCUT2D eigenvalue weighted by Gasteiger charge is 2.30. The van der Waals surface area contributed by atoms with Crippen LogP contribution in [-0.2, 0) is 9.53 Å². The molecule has 2 rings (SSSR count). The van der Waals surface area contributed by atoms with Crippen molar-refractivity contribution >= 4 is 11.9 Å². The van der Waals surface area contributed by atoms with E-state index in [1.807, 2.05) is 12.1 Å². The summed E-state index contributed by atoms with van der Waals surface area (Å²) in [6.07, 6.45) is 3.77. The van der Waals surface area contributed by atoms with Gasteiger partial charge in [-0.25, -0.2) is 4.79 Å².